The first-order valence-corrected chi connectivity index (χ1v) is 6.66. The lowest BCUT2D eigenvalue weighted by Crippen LogP contribution is -2.13. The normalized spacial score (nSPS) is 10.5. The average Bonchev–Trinajstić information content (AvgIpc) is 2.49. The molecule has 0 bridgehead atoms. The molecular weight excluding hydrogens is 262 g/mol. The summed E-state index contributed by atoms with van der Waals surface area (Å²) in [7, 11) is 0. The van der Waals surface area contributed by atoms with Gasteiger partial charge >= 0.3 is 0 Å². The topological polar surface area (TPSA) is 68.0 Å². The van der Waals surface area contributed by atoms with Crippen molar-refractivity contribution in [3.8, 4) is 0 Å². The molecule has 1 heterocycles. The van der Waals surface area contributed by atoms with E-state index >= 15 is 0 Å². The number of pyridine rings is 1. The van der Waals surface area contributed by atoms with Crippen LogP contribution in [-0.2, 0) is 0 Å². The van der Waals surface area contributed by atoms with Crippen LogP contribution in [0.15, 0.2) is 54.7 Å². The monoisotopic (exact) mass is 277 g/mol. The molecular formula is C17H15N3O. The zero-order valence-electron chi connectivity index (χ0n) is 11.6. The van der Waals surface area contributed by atoms with Crippen LogP contribution in [0.4, 0.5) is 11.4 Å². The molecule has 3 N–H and O–H groups in total. The molecule has 0 aliphatic rings. The molecule has 0 fully saturated rings. The molecule has 0 atom stereocenters. The Morgan fingerprint density at radius 2 is 2.00 bits per heavy atom. The van der Waals surface area contributed by atoms with Gasteiger partial charge in [0.1, 0.15) is 0 Å². The van der Waals surface area contributed by atoms with Crippen LogP contribution in [0.25, 0.3) is 10.9 Å². The maximum absolute atomic E-state index is 12.5. The molecule has 3 rings (SSSR count). The first-order chi connectivity index (χ1) is 10.1. The predicted octanol–water partition coefficient (Wildman–Crippen LogP) is 3.38. The molecule has 0 spiro atoms. The average molecular weight is 277 g/mol. The molecule has 0 radical (unpaired) electrons. The summed E-state index contributed by atoms with van der Waals surface area (Å²) in [5, 5.41) is 3.76. The number of hydrogen-bond donors (Lipinski definition) is 2. The van der Waals surface area contributed by atoms with E-state index in [9.17, 15) is 4.79 Å². The second kappa shape index (κ2) is 5.25. The van der Waals surface area contributed by atoms with E-state index in [-0.39, 0.29) is 5.91 Å². The van der Waals surface area contributed by atoms with Gasteiger partial charge in [-0.25, -0.2) is 0 Å². The number of carbonyl (C=O) groups excluding carboxylic acids is 1. The molecule has 1 amide bonds. The Morgan fingerprint density at radius 1 is 1.14 bits per heavy atom. The minimum atomic E-state index is -0.151. The van der Waals surface area contributed by atoms with E-state index in [1.165, 1.54) is 0 Å². The third-order valence-corrected chi connectivity index (χ3v) is 3.39. The summed E-state index contributed by atoms with van der Waals surface area (Å²) < 4.78 is 0. The van der Waals surface area contributed by atoms with Gasteiger partial charge in [-0.2, -0.15) is 0 Å². The van der Waals surface area contributed by atoms with E-state index in [4.69, 9.17) is 5.73 Å². The molecule has 0 aliphatic carbocycles. The second-order valence-electron chi connectivity index (χ2n) is 4.90. The molecule has 0 unspecified atom stereocenters. The largest absolute Gasteiger partial charge is 0.399 e. The fourth-order valence-electron chi connectivity index (χ4n) is 2.32. The van der Waals surface area contributed by atoms with E-state index in [1.807, 2.05) is 43.3 Å². The van der Waals surface area contributed by atoms with Crippen molar-refractivity contribution in [1.29, 1.82) is 0 Å². The van der Waals surface area contributed by atoms with Crippen LogP contribution in [0, 0.1) is 6.92 Å². The quantitative estimate of drug-likeness (QED) is 0.706. The number of benzene rings is 2. The van der Waals surface area contributed by atoms with Crippen LogP contribution in [0.5, 0.6) is 0 Å². The summed E-state index contributed by atoms with van der Waals surface area (Å²) in [6.07, 6.45) is 1.72. The summed E-state index contributed by atoms with van der Waals surface area (Å²) in [5.74, 6) is -0.151. The Labute approximate surface area is 122 Å². The fourth-order valence-corrected chi connectivity index (χ4v) is 2.32. The molecule has 0 saturated heterocycles. The highest BCUT2D eigenvalue weighted by Crippen LogP contribution is 2.21. The smallest absolute Gasteiger partial charge is 0.256 e. The molecule has 4 nitrogen and oxygen atoms in total. The van der Waals surface area contributed by atoms with Crippen LogP contribution in [-0.4, -0.2) is 10.9 Å². The number of hydrogen-bond acceptors (Lipinski definition) is 3. The maximum Gasteiger partial charge on any atom is 0.256 e. The van der Waals surface area contributed by atoms with Gasteiger partial charge in [0.25, 0.3) is 5.91 Å². The highest BCUT2D eigenvalue weighted by Gasteiger charge is 2.11. The summed E-state index contributed by atoms with van der Waals surface area (Å²) in [4.78, 5) is 16.8. The molecule has 4 heteroatoms. The molecule has 0 saturated carbocycles. The predicted molar refractivity (Wildman–Crippen MR) is 85.3 cm³/mol. The highest BCUT2D eigenvalue weighted by molar-refractivity contribution is 6.12. The standard InChI is InChI=1S/C17H15N3O/c1-11-10-12(18)7-8-15(11)20-17(21)14-4-2-6-16-13(14)5-3-9-19-16/h2-10H,18H2,1H3,(H,20,21). The number of nitrogens with two attached hydrogens (primary N) is 1. The maximum atomic E-state index is 12.5. The van der Waals surface area contributed by atoms with Gasteiger partial charge in [0.2, 0.25) is 0 Å². The Hall–Kier alpha value is -2.88. The van der Waals surface area contributed by atoms with Crippen molar-refractivity contribution >= 4 is 28.2 Å². The zero-order chi connectivity index (χ0) is 14.8. The number of amides is 1. The molecule has 21 heavy (non-hydrogen) atoms. The van der Waals surface area contributed by atoms with Crippen LogP contribution in [0.2, 0.25) is 0 Å². The zero-order valence-corrected chi connectivity index (χ0v) is 11.6. The Morgan fingerprint density at radius 3 is 2.81 bits per heavy atom. The van der Waals surface area contributed by atoms with Gasteiger partial charge in [0, 0.05) is 28.5 Å². The first-order valence-electron chi connectivity index (χ1n) is 6.66. The van der Waals surface area contributed by atoms with Crippen LogP contribution in [0.1, 0.15) is 15.9 Å². The molecule has 1 aromatic heterocycles. The van der Waals surface area contributed by atoms with E-state index < -0.39 is 0 Å². The minimum Gasteiger partial charge on any atom is -0.399 e. The lowest BCUT2D eigenvalue weighted by atomic mass is 10.1. The third-order valence-electron chi connectivity index (χ3n) is 3.39. The molecule has 104 valence electrons. The Bertz CT molecular complexity index is 822. The number of rotatable bonds is 2. The fraction of sp³-hybridized carbons (Fsp3) is 0.0588. The van der Waals surface area contributed by atoms with Gasteiger partial charge in [-0.05, 0) is 48.9 Å². The molecule has 3 aromatic rings. The lowest BCUT2D eigenvalue weighted by Gasteiger charge is -2.10. The summed E-state index contributed by atoms with van der Waals surface area (Å²) in [6, 6.07) is 14.7. The SMILES string of the molecule is Cc1cc(N)ccc1NC(=O)c1cccc2ncccc12. The first kappa shape index (κ1) is 13.1. The lowest BCUT2D eigenvalue weighted by molar-refractivity contribution is 0.102. The van der Waals surface area contributed by atoms with Crippen molar-refractivity contribution in [3.63, 3.8) is 0 Å². The number of fused-ring (bicyclic) bond motifs is 1. The Balaban J connectivity index is 1.97. The van der Waals surface area contributed by atoms with Gasteiger partial charge < -0.3 is 11.1 Å². The number of nitrogens with zero attached hydrogens (tertiary/aromatic N) is 1. The van der Waals surface area contributed by atoms with Crippen molar-refractivity contribution in [2.75, 3.05) is 11.1 Å². The van der Waals surface area contributed by atoms with Gasteiger partial charge in [-0.15, -0.1) is 0 Å². The summed E-state index contributed by atoms with van der Waals surface area (Å²) in [5.41, 5.74) is 9.51. The molecule has 2 aromatic carbocycles. The van der Waals surface area contributed by atoms with Gasteiger partial charge in [0.05, 0.1) is 5.52 Å². The van der Waals surface area contributed by atoms with Crippen LogP contribution in [0.3, 0.4) is 0 Å². The van der Waals surface area contributed by atoms with E-state index in [0.29, 0.717) is 11.3 Å². The van der Waals surface area contributed by atoms with Crippen molar-refractivity contribution in [3.05, 3.63) is 65.9 Å². The van der Waals surface area contributed by atoms with E-state index in [1.54, 1.807) is 18.3 Å². The third kappa shape index (κ3) is 2.56. The summed E-state index contributed by atoms with van der Waals surface area (Å²) >= 11 is 0. The Kier molecular flexibility index (Phi) is 3.28. The second-order valence-corrected chi connectivity index (χ2v) is 4.90. The van der Waals surface area contributed by atoms with Gasteiger partial charge in [-0.3, -0.25) is 9.78 Å². The van der Waals surface area contributed by atoms with Crippen molar-refractivity contribution in [2.45, 2.75) is 6.92 Å². The minimum absolute atomic E-state index is 0.151. The summed E-state index contributed by atoms with van der Waals surface area (Å²) in [6.45, 7) is 1.91. The van der Waals surface area contributed by atoms with Gasteiger partial charge in [0.15, 0.2) is 0 Å². The van der Waals surface area contributed by atoms with Crippen molar-refractivity contribution < 1.29 is 4.79 Å². The van der Waals surface area contributed by atoms with Crippen molar-refractivity contribution in [1.82, 2.24) is 4.98 Å². The number of aromatic nitrogens is 1. The van der Waals surface area contributed by atoms with Crippen molar-refractivity contribution in [2.24, 2.45) is 0 Å². The van der Waals surface area contributed by atoms with E-state index in [2.05, 4.69) is 10.3 Å². The number of aryl methyl sites for hydroxylation is 1. The number of anilines is 2. The van der Waals surface area contributed by atoms with Crippen LogP contribution < -0.4 is 11.1 Å². The number of nitrogen functional groups attached to an aromatic ring is 1. The molecule has 0 aliphatic heterocycles. The van der Waals surface area contributed by atoms with Crippen LogP contribution >= 0.6 is 0 Å². The van der Waals surface area contributed by atoms with E-state index in [0.717, 1.165) is 22.2 Å². The number of nitrogens with one attached hydrogen (secondary N) is 1. The number of carbonyl (C=O) groups is 1. The highest BCUT2D eigenvalue weighted by atomic mass is 16.1. The van der Waals surface area contributed by atoms with Gasteiger partial charge in [-0.1, -0.05) is 12.1 Å².